The predicted molar refractivity (Wildman–Crippen MR) is 86.8 cm³/mol. The monoisotopic (exact) mass is 277 g/mol. The van der Waals surface area contributed by atoms with Crippen molar-refractivity contribution in [3.8, 4) is 0 Å². The predicted octanol–water partition coefficient (Wildman–Crippen LogP) is 5.15. The van der Waals surface area contributed by atoms with Gasteiger partial charge in [0.15, 0.2) is 0 Å². The summed E-state index contributed by atoms with van der Waals surface area (Å²) >= 11 is 0. The highest BCUT2D eigenvalue weighted by Gasteiger charge is 2.36. The van der Waals surface area contributed by atoms with E-state index in [1.165, 1.54) is 70.6 Å². The van der Waals surface area contributed by atoms with E-state index >= 15 is 0 Å². The fourth-order valence-corrected chi connectivity index (χ4v) is 5.37. The first-order valence-electron chi connectivity index (χ1n) is 9.51. The summed E-state index contributed by atoms with van der Waals surface area (Å²) in [6.45, 7) is 4.93. The largest absolute Gasteiger partial charge is 0.311 e. The second kappa shape index (κ2) is 6.81. The van der Waals surface area contributed by atoms with Crippen molar-refractivity contribution in [2.45, 2.75) is 96.6 Å². The lowest BCUT2D eigenvalue weighted by Crippen LogP contribution is -2.48. The molecule has 3 saturated carbocycles. The van der Waals surface area contributed by atoms with Gasteiger partial charge in [0.25, 0.3) is 0 Å². The normalized spacial score (nSPS) is 43.8. The van der Waals surface area contributed by atoms with E-state index in [-0.39, 0.29) is 0 Å². The summed E-state index contributed by atoms with van der Waals surface area (Å²) in [6, 6.07) is 1.67. The molecule has 0 amide bonds. The van der Waals surface area contributed by atoms with Gasteiger partial charge in [-0.05, 0) is 49.4 Å². The topological polar surface area (TPSA) is 12.0 Å². The molecule has 1 N–H and O–H groups in total. The Balaban J connectivity index is 1.60. The van der Waals surface area contributed by atoms with E-state index in [2.05, 4.69) is 19.2 Å². The van der Waals surface area contributed by atoms with E-state index in [9.17, 15) is 0 Å². The highest BCUT2D eigenvalue weighted by molar-refractivity contribution is 4.92. The van der Waals surface area contributed by atoms with Gasteiger partial charge >= 0.3 is 0 Å². The van der Waals surface area contributed by atoms with E-state index in [1.54, 1.807) is 0 Å². The van der Waals surface area contributed by atoms with Gasteiger partial charge in [0, 0.05) is 12.1 Å². The van der Waals surface area contributed by atoms with Crippen molar-refractivity contribution in [1.29, 1.82) is 0 Å². The summed E-state index contributed by atoms with van der Waals surface area (Å²) in [7, 11) is 0. The van der Waals surface area contributed by atoms with Gasteiger partial charge in [0.1, 0.15) is 0 Å². The van der Waals surface area contributed by atoms with Crippen LogP contribution in [0.1, 0.15) is 84.5 Å². The highest BCUT2D eigenvalue weighted by Crippen LogP contribution is 2.40. The molecule has 0 heterocycles. The third kappa shape index (κ3) is 3.24. The third-order valence-corrected chi connectivity index (χ3v) is 6.97. The summed E-state index contributed by atoms with van der Waals surface area (Å²) in [4.78, 5) is 0. The first-order valence-corrected chi connectivity index (χ1v) is 9.51. The average Bonchev–Trinajstić information content (AvgIpc) is 2.81. The zero-order chi connectivity index (χ0) is 13.9. The smallest absolute Gasteiger partial charge is 0.0101 e. The average molecular weight is 277 g/mol. The minimum atomic E-state index is 0.819. The zero-order valence-electron chi connectivity index (χ0n) is 13.7. The zero-order valence-corrected chi connectivity index (χ0v) is 13.7. The molecule has 0 bridgehead atoms. The Morgan fingerprint density at radius 3 is 2.05 bits per heavy atom. The molecule has 0 aromatic heterocycles. The molecule has 3 rings (SSSR count). The van der Waals surface area contributed by atoms with Crippen molar-refractivity contribution in [3.63, 3.8) is 0 Å². The van der Waals surface area contributed by atoms with Crippen LogP contribution in [0.15, 0.2) is 0 Å². The molecule has 20 heavy (non-hydrogen) atoms. The van der Waals surface area contributed by atoms with Crippen LogP contribution in [0.2, 0.25) is 0 Å². The standard InChI is InChI=1S/C19H35N/c1-14-12-13-18(15(14)2)20-19-11-7-6-10-17(19)16-8-4-3-5-9-16/h14-20H,3-13H2,1-2H3. The van der Waals surface area contributed by atoms with Gasteiger partial charge in [-0.15, -0.1) is 0 Å². The Kier molecular flexibility index (Phi) is 5.07. The van der Waals surface area contributed by atoms with Crippen LogP contribution in [-0.4, -0.2) is 12.1 Å². The Morgan fingerprint density at radius 1 is 0.650 bits per heavy atom. The Labute approximate surface area is 126 Å². The van der Waals surface area contributed by atoms with Crippen LogP contribution < -0.4 is 5.32 Å². The fraction of sp³-hybridized carbons (Fsp3) is 1.00. The molecule has 1 heteroatoms. The van der Waals surface area contributed by atoms with Crippen LogP contribution in [0.3, 0.4) is 0 Å². The molecule has 116 valence electrons. The van der Waals surface area contributed by atoms with Crippen molar-refractivity contribution in [2.24, 2.45) is 23.7 Å². The second-order valence-corrected chi connectivity index (χ2v) is 8.14. The molecule has 1 nitrogen and oxygen atoms in total. The molecule has 0 aliphatic heterocycles. The maximum atomic E-state index is 4.15. The minimum absolute atomic E-state index is 0.819. The molecule has 0 aromatic rings. The summed E-state index contributed by atoms with van der Waals surface area (Å²) < 4.78 is 0. The maximum Gasteiger partial charge on any atom is 0.0101 e. The summed E-state index contributed by atoms with van der Waals surface area (Å²) in [5.74, 6) is 3.89. The minimum Gasteiger partial charge on any atom is -0.311 e. The molecule has 3 aliphatic carbocycles. The van der Waals surface area contributed by atoms with Gasteiger partial charge < -0.3 is 5.32 Å². The summed E-state index contributed by atoms with van der Waals surface area (Å²) in [6.07, 6.45) is 16.4. The first-order chi connectivity index (χ1) is 9.75. The molecule has 5 unspecified atom stereocenters. The van der Waals surface area contributed by atoms with E-state index in [0.29, 0.717) is 0 Å². The van der Waals surface area contributed by atoms with E-state index in [0.717, 1.165) is 35.8 Å². The molecule has 0 spiro atoms. The van der Waals surface area contributed by atoms with Crippen LogP contribution in [-0.2, 0) is 0 Å². The fourth-order valence-electron chi connectivity index (χ4n) is 5.37. The van der Waals surface area contributed by atoms with Gasteiger partial charge in [-0.3, -0.25) is 0 Å². The molecule has 0 radical (unpaired) electrons. The van der Waals surface area contributed by atoms with Crippen molar-refractivity contribution < 1.29 is 0 Å². The van der Waals surface area contributed by atoms with Crippen molar-refractivity contribution in [3.05, 3.63) is 0 Å². The van der Waals surface area contributed by atoms with Crippen LogP contribution in [0.25, 0.3) is 0 Å². The van der Waals surface area contributed by atoms with Gasteiger partial charge in [-0.2, -0.15) is 0 Å². The molecule has 3 fully saturated rings. The summed E-state index contributed by atoms with van der Waals surface area (Å²) in [5, 5.41) is 4.15. The van der Waals surface area contributed by atoms with Crippen LogP contribution in [0.5, 0.6) is 0 Å². The van der Waals surface area contributed by atoms with Crippen LogP contribution in [0.4, 0.5) is 0 Å². The molecule has 0 aromatic carbocycles. The Bertz CT molecular complexity index is 294. The number of hydrogen-bond acceptors (Lipinski definition) is 1. The quantitative estimate of drug-likeness (QED) is 0.752. The SMILES string of the molecule is CC1CCC(NC2CCCCC2C2CCCCC2)C1C. The Morgan fingerprint density at radius 2 is 1.35 bits per heavy atom. The lowest BCUT2D eigenvalue weighted by molar-refractivity contribution is 0.136. The molecular formula is C19H35N. The molecule has 5 atom stereocenters. The van der Waals surface area contributed by atoms with E-state index in [1.807, 2.05) is 0 Å². The molecule has 3 aliphatic rings. The van der Waals surface area contributed by atoms with Crippen molar-refractivity contribution in [2.75, 3.05) is 0 Å². The Hall–Kier alpha value is -0.0400. The third-order valence-electron chi connectivity index (χ3n) is 6.97. The van der Waals surface area contributed by atoms with E-state index < -0.39 is 0 Å². The van der Waals surface area contributed by atoms with E-state index in [4.69, 9.17) is 0 Å². The van der Waals surface area contributed by atoms with Crippen molar-refractivity contribution in [1.82, 2.24) is 5.32 Å². The first kappa shape index (κ1) is 14.9. The summed E-state index contributed by atoms with van der Waals surface area (Å²) in [5.41, 5.74) is 0. The highest BCUT2D eigenvalue weighted by atomic mass is 15.0. The second-order valence-electron chi connectivity index (χ2n) is 8.14. The van der Waals surface area contributed by atoms with Crippen LogP contribution >= 0.6 is 0 Å². The number of nitrogens with one attached hydrogen (secondary N) is 1. The van der Waals surface area contributed by atoms with Gasteiger partial charge in [0.05, 0.1) is 0 Å². The van der Waals surface area contributed by atoms with Crippen LogP contribution in [0, 0.1) is 23.7 Å². The van der Waals surface area contributed by atoms with Gasteiger partial charge in [-0.1, -0.05) is 58.8 Å². The lowest BCUT2D eigenvalue weighted by atomic mass is 9.70. The van der Waals surface area contributed by atoms with Crippen molar-refractivity contribution >= 4 is 0 Å². The molecule has 0 saturated heterocycles. The number of rotatable bonds is 3. The number of hydrogen-bond donors (Lipinski definition) is 1. The lowest BCUT2D eigenvalue weighted by Gasteiger charge is -2.41. The van der Waals surface area contributed by atoms with Gasteiger partial charge in [-0.25, -0.2) is 0 Å². The van der Waals surface area contributed by atoms with Gasteiger partial charge in [0.2, 0.25) is 0 Å². The molecular weight excluding hydrogens is 242 g/mol. The maximum absolute atomic E-state index is 4.15.